The lowest BCUT2D eigenvalue weighted by molar-refractivity contribution is -0.144. The fourth-order valence-corrected chi connectivity index (χ4v) is 3.54. The minimum atomic E-state index is -0.0941. The number of hydrogen-bond donors (Lipinski definition) is 0. The molecule has 0 fully saturated rings. The van der Waals surface area contributed by atoms with Crippen LogP contribution in [0.5, 0.6) is 0 Å². The molecule has 0 unspecified atom stereocenters. The molecule has 0 saturated heterocycles. The van der Waals surface area contributed by atoms with E-state index in [-0.39, 0.29) is 5.97 Å². The van der Waals surface area contributed by atoms with Gasteiger partial charge in [-0.15, -0.1) is 0 Å². The van der Waals surface area contributed by atoms with Crippen LogP contribution in [0.25, 0.3) is 0 Å². The molecule has 0 heterocycles. The molecule has 0 aliphatic rings. The van der Waals surface area contributed by atoms with Gasteiger partial charge in [-0.05, 0) is 25.7 Å². The zero-order chi connectivity index (χ0) is 22.1. The summed E-state index contributed by atoms with van der Waals surface area (Å²) in [6.07, 6.45) is 20.0. The monoisotopic (exact) mass is 428 g/mol. The summed E-state index contributed by atoms with van der Waals surface area (Å²) >= 11 is 0. The van der Waals surface area contributed by atoms with E-state index in [4.69, 9.17) is 14.2 Å². The molecular formula is C26H52O4. The first kappa shape index (κ1) is 29.4. The summed E-state index contributed by atoms with van der Waals surface area (Å²) in [5.74, 6) is 0.773. The Morgan fingerprint density at radius 2 is 1.10 bits per heavy atom. The Kier molecular flexibility index (Phi) is 24.2. The van der Waals surface area contributed by atoms with E-state index in [2.05, 4.69) is 13.8 Å². The number of ether oxygens (including phenoxy) is 3. The number of esters is 1. The molecule has 0 aliphatic heterocycles. The zero-order valence-corrected chi connectivity index (χ0v) is 20.6. The van der Waals surface area contributed by atoms with E-state index in [1.54, 1.807) is 0 Å². The van der Waals surface area contributed by atoms with Crippen molar-refractivity contribution >= 4 is 5.97 Å². The van der Waals surface area contributed by atoms with E-state index in [1.807, 2.05) is 6.92 Å². The molecule has 0 N–H and O–H groups in total. The van der Waals surface area contributed by atoms with Gasteiger partial charge in [-0.3, -0.25) is 4.79 Å². The fraction of sp³-hybridized carbons (Fsp3) is 0.962. The normalized spacial score (nSPS) is 11.3. The van der Waals surface area contributed by atoms with E-state index in [0.29, 0.717) is 39.5 Å². The number of carbonyl (C=O) groups excluding carboxylic acids is 1. The first-order valence-electron chi connectivity index (χ1n) is 13.0. The average Bonchev–Trinajstić information content (AvgIpc) is 2.72. The number of rotatable bonds is 24. The van der Waals surface area contributed by atoms with Gasteiger partial charge in [0.25, 0.3) is 0 Å². The summed E-state index contributed by atoms with van der Waals surface area (Å²) in [5, 5.41) is 0. The van der Waals surface area contributed by atoms with Crippen LogP contribution in [0.4, 0.5) is 0 Å². The van der Waals surface area contributed by atoms with E-state index in [9.17, 15) is 4.79 Å². The second-order valence-corrected chi connectivity index (χ2v) is 8.91. The topological polar surface area (TPSA) is 44.8 Å². The maximum Gasteiger partial charge on any atom is 0.305 e. The standard InChI is InChI=1S/C26H52O4/c1-4-28-23-24-29-21-18-20-26(27)30-22-17-15-13-11-9-7-5-6-8-10-12-14-16-19-25(2)3/h25H,4-24H2,1-3H3. The maximum atomic E-state index is 11.6. The van der Waals surface area contributed by atoms with E-state index in [0.717, 1.165) is 18.8 Å². The molecule has 0 atom stereocenters. The Bertz CT molecular complexity index is 344. The lowest BCUT2D eigenvalue weighted by atomic mass is 10.0. The SMILES string of the molecule is CCOCCOCCCC(=O)OCCCCCCCCCCCCCCCC(C)C. The Morgan fingerprint density at radius 3 is 1.63 bits per heavy atom. The minimum absolute atomic E-state index is 0.0941. The van der Waals surface area contributed by atoms with Gasteiger partial charge in [0.2, 0.25) is 0 Å². The van der Waals surface area contributed by atoms with Crippen molar-refractivity contribution in [2.24, 2.45) is 5.92 Å². The molecule has 0 rings (SSSR count). The molecule has 0 aliphatic carbocycles. The van der Waals surface area contributed by atoms with Gasteiger partial charge in [0.15, 0.2) is 0 Å². The Morgan fingerprint density at radius 1 is 0.600 bits per heavy atom. The van der Waals surface area contributed by atoms with Crippen molar-refractivity contribution in [3.63, 3.8) is 0 Å². The Labute approximate surface area is 187 Å². The van der Waals surface area contributed by atoms with Gasteiger partial charge in [0.1, 0.15) is 0 Å². The summed E-state index contributed by atoms with van der Waals surface area (Å²) in [7, 11) is 0. The van der Waals surface area contributed by atoms with Crippen molar-refractivity contribution < 1.29 is 19.0 Å². The van der Waals surface area contributed by atoms with Crippen LogP contribution in [-0.2, 0) is 19.0 Å². The first-order chi connectivity index (χ1) is 14.7. The first-order valence-corrected chi connectivity index (χ1v) is 13.0. The van der Waals surface area contributed by atoms with Gasteiger partial charge in [-0.1, -0.05) is 97.3 Å². The van der Waals surface area contributed by atoms with Crippen LogP contribution in [0.1, 0.15) is 124 Å². The number of carbonyl (C=O) groups is 1. The second kappa shape index (κ2) is 24.7. The molecule has 0 aromatic rings. The summed E-state index contributed by atoms with van der Waals surface area (Å²) in [6.45, 7) is 9.72. The molecule has 0 aromatic heterocycles. The summed E-state index contributed by atoms with van der Waals surface area (Å²) in [5.41, 5.74) is 0. The van der Waals surface area contributed by atoms with Crippen LogP contribution in [0.15, 0.2) is 0 Å². The highest BCUT2D eigenvalue weighted by atomic mass is 16.5. The number of unbranched alkanes of at least 4 members (excludes halogenated alkanes) is 12. The van der Waals surface area contributed by atoms with Crippen LogP contribution >= 0.6 is 0 Å². The van der Waals surface area contributed by atoms with Crippen LogP contribution < -0.4 is 0 Å². The van der Waals surface area contributed by atoms with Crippen LogP contribution in [0.3, 0.4) is 0 Å². The third-order valence-corrected chi connectivity index (χ3v) is 5.43. The maximum absolute atomic E-state index is 11.6. The zero-order valence-electron chi connectivity index (χ0n) is 20.6. The predicted octanol–water partition coefficient (Wildman–Crippen LogP) is 7.48. The van der Waals surface area contributed by atoms with Crippen molar-refractivity contribution in [3.05, 3.63) is 0 Å². The fourth-order valence-electron chi connectivity index (χ4n) is 3.54. The highest BCUT2D eigenvalue weighted by molar-refractivity contribution is 5.69. The van der Waals surface area contributed by atoms with Crippen LogP contribution in [-0.4, -0.2) is 39.0 Å². The average molecular weight is 429 g/mol. The molecule has 0 amide bonds. The van der Waals surface area contributed by atoms with Gasteiger partial charge in [0.05, 0.1) is 19.8 Å². The Balaban J connectivity index is 3.12. The van der Waals surface area contributed by atoms with Crippen LogP contribution in [0.2, 0.25) is 0 Å². The van der Waals surface area contributed by atoms with E-state index in [1.165, 1.54) is 83.5 Å². The number of hydrogen-bond acceptors (Lipinski definition) is 4. The van der Waals surface area contributed by atoms with E-state index >= 15 is 0 Å². The molecule has 0 saturated carbocycles. The van der Waals surface area contributed by atoms with Gasteiger partial charge in [-0.2, -0.15) is 0 Å². The van der Waals surface area contributed by atoms with Crippen molar-refractivity contribution in [3.8, 4) is 0 Å². The second-order valence-electron chi connectivity index (χ2n) is 8.91. The molecule has 0 spiro atoms. The smallest absolute Gasteiger partial charge is 0.305 e. The molecule has 180 valence electrons. The molecule has 4 heteroatoms. The molecular weight excluding hydrogens is 376 g/mol. The highest BCUT2D eigenvalue weighted by Crippen LogP contribution is 2.14. The molecule has 4 nitrogen and oxygen atoms in total. The van der Waals surface area contributed by atoms with Crippen LogP contribution in [0, 0.1) is 5.92 Å². The molecule has 0 radical (unpaired) electrons. The largest absolute Gasteiger partial charge is 0.466 e. The van der Waals surface area contributed by atoms with Crippen molar-refractivity contribution in [2.45, 2.75) is 124 Å². The van der Waals surface area contributed by atoms with Gasteiger partial charge in [-0.25, -0.2) is 0 Å². The lowest BCUT2D eigenvalue weighted by Gasteiger charge is -2.06. The highest BCUT2D eigenvalue weighted by Gasteiger charge is 2.02. The minimum Gasteiger partial charge on any atom is -0.466 e. The third-order valence-electron chi connectivity index (χ3n) is 5.43. The van der Waals surface area contributed by atoms with Gasteiger partial charge >= 0.3 is 5.97 Å². The van der Waals surface area contributed by atoms with Crippen molar-refractivity contribution in [1.82, 2.24) is 0 Å². The summed E-state index contributed by atoms with van der Waals surface area (Å²) in [6, 6.07) is 0. The predicted molar refractivity (Wildman–Crippen MR) is 127 cm³/mol. The van der Waals surface area contributed by atoms with Gasteiger partial charge < -0.3 is 14.2 Å². The van der Waals surface area contributed by atoms with Crippen molar-refractivity contribution in [1.29, 1.82) is 0 Å². The lowest BCUT2D eigenvalue weighted by Crippen LogP contribution is -2.09. The molecule has 0 aromatic carbocycles. The third kappa shape index (κ3) is 25.4. The molecule has 30 heavy (non-hydrogen) atoms. The quantitative estimate of drug-likeness (QED) is 0.118. The summed E-state index contributed by atoms with van der Waals surface area (Å²) < 4.78 is 15.9. The van der Waals surface area contributed by atoms with Crippen molar-refractivity contribution in [2.75, 3.05) is 33.0 Å². The van der Waals surface area contributed by atoms with Gasteiger partial charge in [0, 0.05) is 19.6 Å². The Hall–Kier alpha value is -0.610. The summed E-state index contributed by atoms with van der Waals surface area (Å²) in [4.78, 5) is 11.6. The van der Waals surface area contributed by atoms with E-state index < -0.39 is 0 Å². The molecule has 0 bridgehead atoms.